The summed E-state index contributed by atoms with van der Waals surface area (Å²) in [6.45, 7) is 8.39. The highest BCUT2D eigenvalue weighted by Crippen LogP contribution is 2.37. The minimum atomic E-state index is -0.914. The second-order valence-corrected chi connectivity index (χ2v) is 8.14. The molecule has 0 radical (unpaired) electrons. The highest BCUT2D eigenvalue weighted by Gasteiger charge is 2.44. The number of methoxy groups -OCH3 is 2. The molecule has 0 saturated heterocycles. The summed E-state index contributed by atoms with van der Waals surface area (Å²) in [5, 5.41) is 3.02. The van der Waals surface area contributed by atoms with Gasteiger partial charge >= 0.3 is 5.97 Å². The van der Waals surface area contributed by atoms with Gasteiger partial charge in [-0.15, -0.1) is 0 Å². The molecule has 0 aliphatic heterocycles. The van der Waals surface area contributed by atoms with E-state index < -0.39 is 5.54 Å². The van der Waals surface area contributed by atoms with Gasteiger partial charge in [0.1, 0.15) is 11.3 Å². The van der Waals surface area contributed by atoms with Crippen molar-refractivity contribution in [2.75, 3.05) is 14.2 Å². The zero-order valence-electron chi connectivity index (χ0n) is 17.5. The van der Waals surface area contributed by atoms with Crippen LogP contribution in [0.25, 0.3) is 0 Å². The summed E-state index contributed by atoms with van der Waals surface area (Å²) < 4.78 is 10.5. The van der Waals surface area contributed by atoms with Crippen LogP contribution >= 0.6 is 0 Å². The van der Waals surface area contributed by atoms with Crippen LogP contribution in [0.3, 0.4) is 0 Å². The fraction of sp³-hybridized carbons (Fsp3) is 0.636. The third kappa shape index (κ3) is 4.82. The lowest BCUT2D eigenvalue weighted by Crippen LogP contribution is -2.57. The summed E-state index contributed by atoms with van der Waals surface area (Å²) in [5.41, 5.74) is 2.05. The first-order valence-electron chi connectivity index (χ1n) is 9.76. The zero-order chi connectivity index (χ0) is 20.2. The Morgan fingerprint density at radius 1 is 1.19 bits per heavy atom. The van der Waals surface area contributed by atoms with Crippen molar-refractivity contribution in [1.29, 1.82) is 0 Å². The number of carbonyl (C=O) groups is 2. The summed E-state index contributed by atoms with van der Waals surface area (Å²) in [6.07, 6.45) is 3.26. The number of hydrogen-bond donors (Lipinski definition) is 1. The minimum absolute atomic E-state index is 0.173. The molecule has 0 atom stereocenters. The lowest BCUT2D eigenvalue weighted by Gasteiger charge is -2.39. The van der Waals surface area contributed by atoms with Crippen molar-refractivity contribution in [3.8, 4) is 5.75 Å². The van der Waals surface area contributed by atoms with Crippen molar-refractivity contribution in [3.05, 3.63) is 28.8 Å². The van der Waals surface area contributed by atoms with E-state index in [1.807, 2.05) is 26.0 Å². The fourth-order valence-electron chi connectivity index (χ4n) is 4.21. The quantitative estimate of drug-likeness (QED) is 0.770. The fourth-order valence-corrected chi connectivity index (χ4v) is 4.21. The van der Waals surface area contributed by atoms with E-state index in [1.165, 1.54) is 7.11 Å². The Labute approximate surface area is 162 Å². The predicted molar refractivity (Wildman–Crippen MR) is 106 cm³/mol. The number of rotatable bonds is 6. The van der Waals surface area contributed by atoms with Crippen LogP contribution in [0, 0.1) is 25.7 Å². The standard InChI is InChI=1S/C22H33NO4/c1-14(2)17-7-9-22(10-8-17,21(25)27-6)23-20(24)13-18-16(4)11-15(3)12-19(18)26-5/h11-12,14,17H,7-10,13H2,1-6H3,(H,23,24). The second kappa shape index (κ2) is 8.77. The van der Waals surface area contributed by atoms with Gasteiger partial charge in [0, 0.05) is 5.56 Å². The Balaban J connectivity index is 2.17. The SMILES string of the molecule is COC(=O)C1(NC(=O)Cc2c(C)cc(C)cc2OC)CCC(C(C)C)CC1. The van der Waals surface area contributed by atoms with Crippen LogP contribution < -0.4 is 10.1 Å². The van der Waals surface area contributed by atoms with Crippen molar-refractivity contribution >= 4 is 11.9 Å². The molecular weight excluding hydrogens is 342 g/mol. The van der Waals surface area contributed by atoms with Crippen LogP contribution in [0.1, 0.15) is 56.2 Å². The molecule has 2 rings (SSSR count). The van der Waals surface area contributed by atoms with Crippen molar-refractivity contribution in [2.45, 2.75) is 65.3 Å². The Morgan fingerprint density at radius 3 is 2.33 bits per heavy atom. The molecule has 0 unspecified atom stereocenters. The predicted octanol–water partition coefficient (Wildman–Crippen LogP) is 3.73. The number of benzene rings is 1. The minimum Gasteiger partial charge on any atom is -0.496 e. The van der Waals surface area contributed by atoms with Gasteiger partial charge in [-0.3, -0.25) is 4.79 Å². The maximum atomic E-state index is 12.9. The molecule has 1 aliphatic carbocycles. The lowest BCUT2D eigenvalue weighted by atomic mass is 9.72. The van der Waals surface area contributed by atoms with E-state index in [2.05, 4.69) is 19.2 Å². The van der Waals surface area contributed by atoms with E-state index in [4.69, 9.17) is 9.47 Å². The molecule has 1 fully saturated rings. The molecule has 0 bridgehead atoms. The van der Waals surface area contributed by atoms with Gasteiger partial charge < -0.3 is 14.8 Å². The van der Waals surface area contributed by atoms with Gasteiger partial charge in [-0.1, -0.05) is 19.9 Å². The Kier molecular flexibility index (Phi) is 6.90. The summed E-state index contributed by atoms with van der Waals surface area (Å²) in [7, 11) is 3.00. The third-order valence-electron chi connectivity index (χ3n) is 5.92. The number of aryl methyl sites for hydroxylation is 2. The smallest absolute Gasteiger partial charge is 0.331 e. The number of amides is 1. The van der Waals surface area contributed by atoms with Crippen molar-refractivity contribution in [1.82, 2.24) is 5.32 Å². The monoisotopic (exact) mass is 375 g/mol. The largest absolute Gasteiger partial charge is 0.496 e. The maximum Gasteiger partial charge on any atom is 0.331 e. The average Bonchev–Trinajstić information content (AvgIpc) is 2.63. The number of nitrogens with one attached hydrogen (secondary N) is 1. The van der Waals surface area contributed by atoms with Gasteiger partial charge in [0.15, 0.2) is 0 Å². The summed E-state index contributed by atoms with van der Waals surface area (Å²) in [6, 6.07) is 3.97. The Morgan fingerprint density at radius 2 is 1.81 bits per heavy atom. The number of carbonyl (C=O) groups excluding carboxylic acids is 2. The summed E-state index contributed by atoms with van der Waals surface area (Å²) in [5.74, 6) is 1.35. The van der Waals surface area contributed by atoms with Gasteiger partial charge in [-0.05, 0) is 68.6 Å². The molecule has 1 saturated carbocycles. The topological polar surface area (TPSA) is 64.6 Å². The normalized spacial score (nSPS) is 22.4. The first-order valence-corrected chi connectivity index (χ1v) is 9.76. The third-order valence-corrected chi connectivity index (χ3v) is 5.92. The molecule has 5 heteroatoms. The average molecular weight is 376 g/mol. The van der Waals surface area contributed by atoms with Gasteiger partial charge in [-0.25, -0.2) is 4.79 Å². The van der Waals surface area contributed by atoms with E-state index in [-0.39, 0.29) is 18.3 Å². The van der Waals surface area contributed by atoms with Gasteiger partial charge in [0.2, 0.25) is 5.91 Å². The van der Waals surface area contributed by atoms with Crippen LogP contribution in [0.5, 0.6) is 5.75 Å². The highest BCUT2D eigenvalue weighted by molar-refractivity contribution is 5.89. The van der Waals surface area contributed by atoms with Gasteiger partial charge in [0.05, 0.1) is 20.6 Å². The molecule has 5 nitrogen and oxygen atoms in total. The van der Waals surface area contributed by atoms with Crippen LogP contribution in [-0.2, 0) is 20.7 Å². The number of esters is 1. The van der Waals surface area contributed by atoms with E-state index in [1.54, 1.807) is 7.11 Å². The van der Waals surface area contributed by atoms with Crippen molar-refractivity contribution in [2.24, 2.45) is 11.8 Å². The lowest BCUT2D eigenvalue weighted by molar-refractivity contribution is -0.153. The first-order chi connectivity index (χ1) is 12.7. The molecule has 1 N–H and O–H groups in total. The number of ether oxygens (including phenoxy) is 2. The zero-order valence-corrected chi connectivity index (χ0v) is 17.5. The van der Waals surface area contributed by atoms with Gasteiger partial charge in [0.25, 0.3) is 0 Å². The molecule has 1 aromatic carbocycles. The van der Waals surface area contributed by atoms with Crippen LogP contribution in [-0.4, -0.2) is 31.6 Å². The Bertz CT molecular complexity index is 688. The van der Waals surface area contributed by atoms with E-state index in [9.17, 15) is 9.59 Å². The van der Waals surface area contributed by atoms with Crippen LogP contribution in [0.15, 0.2) is 12.1 Å². The number of hydrogen-bond acceptors (Lipinski definition) is 4. The van der Waals surface area contributed by atoms with E-state index in [0.717, 1.165) is 29.5 Å². The van der Waals surface area contributed by atoms with Crippen molar-refractivity contribution < 1.29 is 19.1 Å². The highest BCUT2D eigenvalue weighted by atomic mass is 16.5. The van der Waals surface area contributed by atoms with Crippen LogP contribution in [0.2, 0.25) is 0 Å². The molecule has 0 heterocycles. The maximum absolute atomic E-state index is 12.9. The summed E-state index contributed by atoms with van der Waals surface area (Å²) >= 11 is 0. The molecule has 1 aromatic rings. The molecule has 1 aliphatic rings. The van der Waals surface area contributed by atoms with Crippen molar-refractivity contribution in [3.63, 3.8) is 0 Å². The van der Waals surface area contributed by atoms with Gasteiger partial charge in [-0.2, -0.15) is 0 Å². The van der Waals surface area contributed by atoms with E-state index >= 15 is 0 Å². The Hall–Kier alpha value is -2.04. The van der Waals surface area contributed by atoms with E-state index in [0.29, 0.717) is 30.4 Å². The summed E-state index contributed by atoms with van der Waals surface area (Å²) in [4.78, 5) is 25.4. The molecule has 150 valence electrons. The first kappa shape index (κ1) is 21.3. The second-order valence-electron chi connectivity index (χ2n) is 8.14. The van der Waals surface area contributed by atoms with Crippen LogP contribution in [0.4, 0.5) is 0 Å². The molecule has 27 heavy (non-hydrogen) atoms. The molecule has 0 aromatic heterocycles. The molecular formula is C22H33NO4. The molecule has 1 amide bonds. The molecule has 0 spiro atoms.